The van der Waals surface area contributed by atoms with Gasteiger partial charge in [-0.25, -0.2) is 0 Å². The zero-order valence-electron chi connectivity index (χ0n) is 16.5. The molecular formula is C23H25N3O3. The summed E-state index contributed by atoms with van der Waals surface area (Å²) in [5, 5.41) is 12.2. The number of benzene rings is 2. The monoisotopic (exact) mass is 391 g/mol. The first kappa shape index (κ1) is 19.3. The quantitative estimate of drug-likeness (QED) is 0.675. The Labute approximate surface area is 169 Å². The van der Waals surface area contributed by atoms with E-state index >= 15 is 0 Å². The van der Waals surface area contributed by atoms with E-state index in [2.05, 4.69) is 11.1 Å². The summed E-state index contributed by atoms with van der Waals surface area (Å²) in [6, 6.07) is 14.1. The van der Waals surface area contributed by atoms with E-state index in [0.717, 1.165) is 34.5 Å². The molecule has 6 nitrogen and oxygen atoms in total. The largest absolute Gasteiger partial charge is 0.480 e. The topological polar surface area (TPSA) is 73.7 Å². The van der Waals surface area contributed by atoms with Crippen molar-refractivity contribution in [1.82, 2.24) is 14.8 Å². The first-order valence-corrected chi connectivity index (χ1v) is 10.1. The smallest absolute Gasteiger partial charge is 0.317 e. The van der Waals surface area contributed by atoms with Gasteiger partial charge < -0.3 is 10.0 Å². The van der Waals surface area contributed by atoms with Crippen LogP contribution in [0.5, 0.6) is 0 Å². The number of amides is 1. The predicted octanol–water partition coefficient (Wildman–Crippen LogP) is 3.40. The van der Waals surface area contributed by atoms with Crippen molar-refractivity contribution in [3.05, 3.63) is 54.2 Å². The lowest BCUT2D eigenvalue weighted by Gasteiger charge is -2.37. The number of aromatic nitrogens is 1. The zero-order chi connectivity index (χ0) is 20.4. The van der Waals surface area contributed by atoms with Crippen LogP contribution in [0.4, 0.5) is 0 Å². The van der Waals surface area contributed by atoms with Gasteiger partial charge in [-0.3, -0.25) is 19.5 Å². The number of piperidine rings is 1. The van der Waals surface area contributed by atoms with Crippen molar-refractivity contribution in [2.24, 2.45) is 0 Å². The van der Waals surface area contributed by atoms with Crippen LogP contribution in [0, 0.1) is 0 Å². The van der Waals surface area contributed by atoms with Gasteiger partial charge in [0.25, 0.3) is 5.91 Å². The molecule has 29 heavy (non-hydrogen) atoms. The molecule has 2 aromatic carbocycles. The number of carboxylic acid groups (broad SMARTS) is 1. The van der Waals surface area contributed by atoms with Crippen LogP contribution in [0.2, 0.25) is 0 Å². The van der Waals surface area contributed by atoms with Gasteiger partial charge in [0.15, 0.2) is 0 Å². The summed E-state index contributed by atoms with van der Waals surface area (Å²) in [5.74, 6) is -0.807. The minimum atomic E-state index is -0.806. The van der Waals surface area contributed by atoms with Gasteiger partial charge >= 0.3 is 5.97 Å². The van der Waals surface area contributed by atoms with E-state index in [0.29, 0.717) is 25.2 Å². The summed E-state index contributed by atoms with van der Waals surface area (Å²) < 4.78 is 0. The standard InChI is InChI=1S/C23H25N3O3/c1-2-25(15-21(27)28)17-9-12-26(13-10-17)23(29)20-14-16-6-3-4-7-18(16)19-8-5-11-24-22(19)20/h3-8,11,14,17H,2,9-10,12-13,15H2,1H3,(H,27,28). The molecule has 0 bridgehead atoms. The number of likely N-dealkylation sites (tertiary alicyclic amines) is 1. The number of rotatable bonds is 5. The van der Waals surface area contributed by atoms with Gasteiger partial charge in [-0.15, -0.1) is 0 Å². The number of carbonyl (C=O) groups excluding carboxylic acids is 1. The van der Waals surface area contributed by atoms with Crippen LogP contribution in [0.1, 0.15) is 30.1 Å². The highest BCUT2D eigenvalue weighted by atomic mass is 16.4. The molecule has 1 amide bonds. The Kier molecular flexibility index (Phi) is 5.45. The van der Waals surface area contributed by atoms with Crippen molar-refractivity contribution in [3.8, 4) is 0 Å². The molecule has 0 aliphatic carbocycles. The van der Waals surface area contributed by atoms with Crippen molar-refractivity contribution in [2.45, 2.75) is 25.8 Å². The molecule has 1 aromatic heterocycles. The number of hydrogen-bond acceptors (Lipinski definition) is 4. The third kappa shape index (κ3) is 3.80. The first-order valence-electron chi connectivity index (χ1n) is 10.1. The van der Waals surface area contributed by atoms with E-state index in [1.165, 1.54) is 0 Å². The molecular weight excluding hydrogens is 366 g/mol. The van der Waals surface area contributed by atoms with E-state index in [-0.39, 0.29) is 18.5 Å². The molecule has 3 aromatic rings. The molecule has 0 unspecified atom stereocenters. The number of carbonyl (C=O) groups is 2. The van der Waals surface area contributed by atoms with Crippen LogP contribution < -0.4 is 0 Å². The summed E-state index contributed by atoms with van der Waals surface area (Å²) in [5.41, 5.74) is 1.37. The predicted molar refractivity (Wildman–Crippen MR) is 113 cm³/mol. The Morgan fingerprint density at radius 2 is 1.86 bits per heavy atom. The normalized spacial score (nSPS) is 15.3. The van der Waals surface area contributed by atoms with Crippen LogP contribution in [-0.4, -0.2) is 64.0 Å². The number of pyridine rings is 1. The molecule has 4 rings (SSSR count). The van der Waals surface area contributed by atoms with Gasteiger partial charge in [0.1, 0.15) is 0 Å². The fourth-order valence-electron chi connectivity index (χ4n) is 4.37. The Hall–Kier alpha value is -2.99. The molecule has 0 saturated carbocycles. The maximum Gasteiger partial charge on any atom is 0.317 e. The second-order valence-corrected chi connectivity index (χ2v) is 7.53. The van der Waals surface area contributed by atoms with Crippen molar-refractivity contribution in [3.63, 3.8) is 0 Å². The van der Waals surface area contributed by atoms with Gasteiger partial charge in [0, 0.05) is 30.7 Å². The molecule has 1 fully saturated rings. The average Bonchev–Trinajstić information content (AvgIpc) is 2.76. The highest BCUT2D eigenvalue weighted by Crippen LogP contribution is 2.29. The molecule has 150 valence electrons. The number of carboxylic acids is 1. The van der Waals surface area contributed by atoms with Gasteiger partial charge in [0.05, 0.1) is 17.6 Å². The molecule has 1 saturated heterocycles. The number of nitrogens with zero attached hydrogens (tertiary/aromatic N) is 3. The molecule has 1 N–H and O–H groups in total. The van der Waals surface area contributed by atoms with E-state index < -0.39 is 5.97 Å². The second-order valence-electron chi connectivity index (χ2n) is 7.53. The van der Waals surface area contributed by atoms with Crippen LogP contribution in [0.15, 0.2) is 48.7 Å². The summed E-state index contributed by atoms with van der Waals surface area (Å²) in [6.07, 6.45) is 3.29. The SMILES string of the molecule is CCN(CC(=O)O)C1CCN(C(=O)c2cc3ccccc3c3cccnc23)CC1. The summed E-state index contributed by atoms with van der Waals surface area (Å²) in [7, 11) is 0. The zero-order valence-corrected chi connectivity index (χ0v) is 16.5. The third-order valence-corrected chi connectivity index (χ3v) is 5.86. The number of fused-ring (bicyclic) bond motifs is 3. The minimum Gasteiger partial charge on any atom is -0.480 e. The van der Waals surface area contributed by atoms with Crippen molar-refractivity contribution >= 4 is 33.6 Å². The molecule has 1 aliphatic rings. The van der Waals surface area contributed by atoms with Gasteiger partial charge in [-0.05, 0) is 42.3 Å². The lowest BCUT2D eigenvalue weighted by atomic mass is 9.98. The Morgan fingerprint density at radius 3 is 2.59 bits per heavy atom. The van der Waals surface area contributed by atoms with Crippen LogP contribution in [0.3, 0.4) is 0 Å². The molecule has 1 aliphatic heterocycles. The van der Waals surface area contributed by atoms with Gasteiger partial charge in [-0.2, -0.15) is 0 Å². The lowest BCUT2D eigenvalue weighted by molar-refractivity contribution is -0.139. The lowest BCUT2D eigenvalue weighted by Crippen LogP contribution is -2.48. The van der Waals surface area contributed by atoms with Crippen molar-refractivity contribution in [1.29, 1.82) is 0 Å². The minimum absolute atomic E-state index is 0.000754. The summed E-state index contributed by atoms with van der Waals surface area (Å²) in [6.45, 7) is 3.98. The average molecular weight is 391 g/mol. The van der Waals surface area contributed by atoms with E-state index in [4.69, 9.17) is 5.11 Å². The Bertz CT molecular complexity index is 1060. The van der Waals surface area contributed by atoms with E-state index in [9.17, 15) is 9.59 Å². The van der Waals surface area contributed by atoms with Crippen molar-refractivity contribution in [2.75, 3.05) is 26.2 Å². The summed E-state index contributed by atoms with van der Waals surface area (Å²) >= 11 is 0. The number of likely N-dealkylation sites (N-methyl/N-ethyl adjacent to an activating group) is 1. The van der Waals surface area contributed by atoms with Crippen LogP contribution in [-0.2, 0) is 4.79 Å². The molecule has 0 atom stereocenters. The van der Waals surface area contributed by atoms with Crippen LogP contribution >= 0.6 is 0 Å². The molecule has 6 heteroatoms. The summed E-state index contributed by atoms with van der Waals surface area (Å²) in [4.78, 5) is 32.8. The number of aliphatic carboxylic acids is 1. The maximum atomic E-state index is 13.4. The highest BCUT2D eigenvalue weighted by Gasteiger charge is 2.28. The number of hydrogen-bond donors (Lipinski definition) is 1. The van der Waals surface area contributed by atoms with Crippen molar-refractivity contribution < 1.29 is 14.7 Å². The highest BCUT2D eigenvalue weighted by molar-refractivity contribution is 6.15. The first-order chi connectivity index (χ1) is 14.1. The Balaban J connectivity index is 1.59. The van der Waals surface area contributed by atoms with E-state index in [1.807, 2.05) is 53.1 Å². The van der Waals surface area contributed by atoms with E-state index in [1.54, 1.807) is 6.20 Å². The van der Waals surface area contributed by atoms with Gasteiger partial charge in [0.2, 0.25) is 0 Å². The molecule has 0 spiro atoms. The van der Waals surface area contributed by atoms with Gasteiger partial charge in [-0.1, -0.05) is 37.3 Å². The van der Waals surface area contributed by atoms with Crippen LogP contribution in [0.25, 0.3) is 21.7 Å². The molecule has 0 radical (unpaired) electrons. The fraction of sp³-hybridized carbons (Fsp3) is 0.348. The second kappa shape index (κ2) is 8.17. The third-order valence-electron chi connectivity index (χ3n) is 5.86. The Morgan fingerprint density at radius 1 is 1.14 bits per heavy atom. The molecule has 2 heterocycles. The maximum absolute atomic E-state index is 13.4. The fourth-order valence-corrected chi connectivity index (χ4v) is 4.37.